The number of carboxylic acids is 1. The molecule has 28 heavy (non-hydrogen) atoms. The van der Waals surface area contributed by atoms with Crippen molar-refractivity contribution in [2.75, 3.05) is 0 Å². The SMILES string of the molecule is O=C([O-])/C=C/c1ccccc1/C=C/Cc1cccc(Oc2ccccc2)c1.[Na+]. The minimum absolute atomic E-state index is 0. The Hall–Kier alpha value is -2.59. The number of rotatable bonds is 7. The molecule has 4 heteroatoms. The van der Waals surface area contributed by atoms with Crippen molar-refractivity contribution in [2.24, 2.45) is 0 Å². The molecule has 0 atom stereocenters. The van der Waals surface area contributed by atoms with E-state index in [1.807, 2.05) is 91.0 Å². The first-order valence-corrected chi connectivity index (χ1v) is 8.67. The Bertz CT molecular complexity index is 962. The van der Waals surface area contributed by atoms with Gasteiger partial charge in [-0.1, -0.05) is 72.8 Å². The van der Waals surface area contributed by atoms with Crippen molar-refractivity contribution < 1.29 is 44.2 Å². The molecule has 0 saturated carbocycles. The maximum Gasteiger partial charge on any atom is 1.00 e. The van der Waals surface area contributed by atoms with E-state index in [9.17, 15) is 9.90 Å². The summed E-state index contributed by atoms with van der Waals surface area (Å²) in [5.41, 5.74) is 2.91. The van der Waals surface area contributed by atoms with Crippen molar-refractivity contribution in [2.45, 2.75) is 6.42 Å². The summed E-state index contributed by atoms with van der Waals surface area (Å²) >= 11 is 0. The van der Waals surface area contributed by atoms with E-state index in [1.54, 1.807) is 6.08 Å². The van der Waals surface area contributed by atoms with Gasteiger partial charge in [-0.3, -0.25) is 0 Å². The number of carbonyl (C=O) groups excluding carboxylic acids is 1. The molecule has 0 spiro atoms. The Morgan fingerprint density at radius 2 is 1.46 bits per heavy atom. The number of hydrogen-bond acceptors (Lipinski definition) is 3. The summed E-state index contributed by atoms with van der Waals surface area (Å²) in [6.45, 7) is 0. The first-order valence-electron chi connectivity index (χ1n) is 8.67. The van der Waals surface area contributed by atoms with E-state index in [2.05, 4.69) is 0 Å². The van der Waals surface area contributed by atoms with Crippen molar-refractivity contribution in [3.63, 3.8) is 0 Å². The van der Waals surface area contributed by atoms with Crippen molar-refractivity contribution in [3.8, 4) is 11.5 Å². The molecule has 0 N–H and O–H groups in total. The first-order chi connectivity index (χ1) is 13.2. The van der Waals surface area contributed by atoms with Crippen LogP contribution in [0, 0.1) is 0 Å². The van der Waals surface area contributed by atoms with Crippen molar-refractivity contribution >= 4 is 18.1 Å². The second kappa shape index (κ2) is 11.3. The van der Waals surface area contributed by atoms with Crippen molar-refractivity contribution in [1.82, 2.24) is 0 Å². The van der Waals surface area contributed by atoms with Crippen molar-refractivity contribution in [1.29, 1.82) is 0 Å². The standard InChI is InChI=1S/C24H20O3.Na/c25-24(26)17-16-21-11-5-4-10-20(21)12-6-8-19-9-7-15-23(18-19)27-22-13-2-1-3-14-22;/h1-7,9-18H,8H2,(H,25,26);/q;+1/p-1/b12-6+,17-16+;. The Kier molecular flexibility index (Phi) is 8.76. The molecule has 0 amide bonds. The molecule has 0 saturated heterocycles. The summed E-state index contributed by atoms with van der Waals surface area (Å²) in [4.78, 5) is 10.6. The molecule has 134 valence electrons. The van der Waals surface area contributed by atoms with Gasteiger partial charge in [-0.25, -0.2) is 0 Å². The average Bonchev–Trinajstić information content (AvgIpc) is 2.68. The number of carboxylic acid groups (broad SMARTS) is 1. The smallest absolute Gasteiger partial charge is 0.545 e. The van der Waals surface area contributed by atoms with Gasteiger partial charge in [-0.05, 0) is 53.5 Å². The Labute approximate surface area is 187 Å². The summed E-state index contributed by atoms with van der Waals surface area (Å²) in [5, 5.41) is 10.6. The van der Waals surface area contributed by atoms with Crippen LogP contribution in [0.1, 0.15) is 16.7 Å². The third kappa shape index (κ3) is 6.86. The zero-order valence-corrected chi connectivity index (χ0v) is 17.7. The third-order valence-electron chi connectivity index (χ3n) is 3.92. The maximum absolute atomic E-state index is 10.6. The van der Waals surface area contributed by atoms with Crippen molar-refractivity contribution in [3.05, 3.63) is 108 Å². The Morgan fingerprint density at radius 3 is 2.18 bits per heavy atom. The summed E-state index contributed by atoms with van der Waals surface area (Å²) in [7, 11) is 0. The quantitative estimate of drug-likeness (QED) is 0.463. The molecule has 0 aliphatic carbocycles. The molecule has 3 aromatic rings. The fourth-order valence-electron chi connectivity index (χ4n) is 2.65. The molecular formula is C24H19NaO3. The molecule has 0 aromatic heterocycles. The number of ether oxygens (including phenoxy) is 1. The van der Waals surface area contributed by atoms with E-state index in [4.69, 9.17) is 4.74 Å². The van der Waals surface area contributed by atoms with Crippen LogP contribution < -0.4 is 39.4 Å². The van der Waals surface area contributed by atoms with Crippen LogP contribution in [0.2, 0.25) is 0 Å². The van der Waals surface area contributed by atoms with E-state index in [-0.39, 0.29) is 29.6 Å². The normalized spacial score (nSPS) is 10.7. The molecule has 0 heterocycles. The zero-order valence-electron chi connectivity index (χ0n) is 15.7. The second-order valence-corrected chi connectivity index (χ2v) is 5.95. The van der Waals surface area contributed by atoms with Gasteiger partial charge in [0.05, 0.1) is 5.97 Å². The van der Waals surface area contributed by atoms with Crippen LogP contribution in [-0.4, -0.2) is 5.97 Å². The number of aliphatic carboxylic acids is 1. The first kappa shape index (κ1) is 21.7. The van der Waals surface area contributed by atoms with Gasteiger partial charge in [0.25, 0.3) is 0 Å². The minimum Gasteiger partial charge on any atom is -0.545 e. The number of para-hydroxylation sites is 1. The van der Waals surface area contributed by atoms with E-state index < -0.39 is 5.97 Å². The van der Waals surface area contributed by atoms with Crippen LogP contribution in [0.15, 0.2) is 91.0 Å². The van der Waals surface area contributed by atoms with Gasteiger partial charge >= 0.3 is 29.6 Å². The monoisotopic (exact) mass is 378 g/mol. The molecule has 0 radical (unpaired) electrons. The molecular weight excluding hydrogens is 359 g/mol. The molecule has 3 rings (SSSR count). The topological polar surface area (TPSA) is 49.4 Å². The van der Waals surface area contributed by atoms with Crippen LogP contribution in [-0.2, 0) is 11.2 Å². The summed E-state index contributed by atoms with van der Waals surface area (Å²) in [6.07, 6.45) is 7.36. The number of benzene rings is 3. The van der Waals surface area contributed by atoms with Gasteiger partial charge in [0.1, 0.15) is 11.5 Å². The average molecular weight is 378 g/mol. The van der Waals surface area contributed by atoms with E-state index in [0.29, 0.717) is 0 Å². The summed E-state index contributed by atoms with van der Waals surface area (Å²) < 4.78 is 5.86. The van der Waals surface area contributed by atoms with Crippen LogP contribution >= 0.6 is 0 Å². The zero-order chi connectivity index (χ0) is 18.9. The summed E-state index contributed by atoms with van der Waals surface area (Å²) in [6, 6.07) is 25.2. The van der Waals surface area contributed by atoms with Gasteiger partial charge in [0.2, 0.25) is 0 Å². The summed E-state index contributed by atoms with van der Waals surface area (Å²) in [5.74, 6) is 0.396. The Morgan fingerprint density at radius 1 is 0.821 bits per heavy atom. The fraction of sp³-hybridized carbons (Fsp3) is 0.0417. The number of hydrogen-bond donors (Lipinski definition) is 0. The van der Waals surface area contributed by atoms with Crippen LogP contribution in [0.25, 0.3) is 12.2 Å². The maximum atomic E-state index is 10.6. The largest absolute Gasteiger partial charge is 1.00 e. The molecule has 3 nitrogen and oxygen atoms in total. The predicted molar refractivity (Wildman–Crippen MR) is 106 cm³/mol. The predicted octanol–water partition coefficient (Wildman–Crippen LogP) is 1.50. The third-order valence-corrected chi connectivity index (χ3v) is 3.92. The molecule has 3 aromatic carbocycles. The van der Waals surface area contributed by atoms with Gasteiger partial charge in [0.15, 0.2) is 0 Å². The Balaban J connectivity index is 0.00000280. The van der Waals surface area contributed by atoms with Gasteiger partial charge < -0.3 is 14.6 Å². The van der Waals surface area contributed by atoms with Crippen LogP contribution in [0.5, 0.6) is 11.5 Å². The molecule has 0 bridgehead atoms. The van der Waals surface area contributed by atoms with Gasteiger partial charge in [-0.2, -0.15) is 0 Å². The van der Waals surface area contributed by atoms with Gasteiger partial charge in [-0.15, -0.1) is 0 Å². The van der Waals surface area contributed by atoms with E-state index >= 15 is 0 Å². The van der Waals surface area contributed by atoms with Crippen LogP contribution in [0.3, 0.4) is 0 Å². The minimum atomic E-state index is -1.20. The van der Waals surface area contributed by atoms with E-state index in [0.717, 1.165) is 40.7 Å². The molecule has 0 unspecified atom stereocenters. The molecule has 0 aliphatic heterocycles. The second-order valence-electron chi connectivity index (χ2n) is 5.95. The van der Waals surface area contributed by atoms with E-state index in [1.165, 1.54) is 0 Å². The van der Waals surface area contributed by atoms with Crippen LogP contribution in [0.4, 0.5) is 0 Å². The number of allylic oxidation sites excluding steroid dienone is 1. The number of carbonyl (C=O) groups is 1. The molecule has 0 fully saturated rings. The molecule has 0 aliphatic rings. The fourth-order valence-corrected chi connectivity index (χ4v) is 2.65. The van der Waals surface area contributed by atoms with Gasteiger partial charge in [0, 0.05) is 0 Å².